The quantitative estimate of drug-likeness (QED) is 0.254. The average molecular weight is 674 g/mol. The zero-order valence-electron chi connectivity index (χ0n) is 26.7. The highest BCUT2D eigenvalue weighted by atomic mass is 35.5. The molecule has 4 aromatic rings. The van der Waals surface area contributed by atoms with Crippen molar-refractivity contribution in [2.75, 3.05) is 32.7 Å². The van der Waals surface area contributed by atoms with E-state index < -0.39 is 11.8 Å². The minimum Gasteiger partial charge on any atom is -0.301 e. The van der Waals surface area contributed by atoms with Crippen LogP contribution in [-0.2, 0) is 16.1 Å². The van der Waals surface area contributed by atoms with E-state index in [1.54, 1.807) is 17.4 Å². The van der Waals surface area contributed by atoms with E-state index in [1.165, 1.54) is 16.5 Å². The molecule has 0 saturated carbocycles. The maximum absolute atomic E-state index is 15.1. The van der Waals surface area contributed by atoms with E-state index in [9.17, 15) is 9.59 Å². The number of carbonyl (C=O) groups is 2. The highest BCUT2D eigenvalue weighted by Crippen LogP contribution is 2.39. The molecule has 3 aliphatic heterocycles. The van der Waals surface area contributed by atoms with Crippen LogP contribution in [0.3, 0.4) is 0 Å². The zero-order chi connectivity index (χ0) is 32.8. The Hall–Kier alpha value is -3.77. The molecular weight excluding hydrogens is 637 g/mol. The molecule has 5 heterocycles. The lowest BCUT2D eigenvalue weighted by molar-refractivity contribution is -0.134. The molecular formula is C35H37ClFN7O2S. The van der Waals surface area contributed by atoms with Gasteiger partial charge >= 0.3 is 0 Å². The molecule has 2 saturated heterocycles. The summed E-state index contributed by atoms with van der Waals surface area (Å²) in [6.45, 7) is 11.3. The van der Waals surface area contributed by atoms with Gasteiger partial charge in [-0.2, -0.15) is 0 Å². The maximum atomic E-state index is 15.1. The summed E-state index contributed by atoms with van der Waals surface area (Å²) >= 11 is 8.02. The van der Waals surface area contributed by atoms with Crippen LogP contribution in [0, 0.1) is 26.6 Å². The van der Waals surface area contributed by atoms with Crippen molar-refractivity contribution in [2.24, 2.45) is 4.99 Å². The number of aryl methyl sites for hydroxylation is 2. The van der Waals surface area contributed by atoms with Gasteiger partial charge in [0, 0.05) is 72.3 Å². The lowest BCUT2D eigenvalue weighted by Gasteiger charge is -2.35. The number of nitrogens with one attached hydrogen (secondary N) is 1. The van der Waals surface area contributed by atoms with Crippen LogP contribution < -0.4 is 5.32 Å². The number of hydrogen-bond acceptors (Lipinski definition) is 8. The molecule has 0 bridgehead atoms. The second kappa shape index (κ2) is 13.0. The summed E-state index contributed by atoms with van der Waals surface area (Å²) in [6, 6.07) is 12.9. The van der Waals surface area contributed by atoms with Gasteiger partial charge in [-0.3, -0.25) is 29.4 Å². The molecule has 2 fully saturated rings. The summed E-state index contributed by atoms with van der Waals surface area (Å²) in [6.07, 6.45) is 1.37. The Kier molecular flexibility index (Phi) is 8.82. The molecule has 2 amide bonds. The summed E-state index contributed by atoms with van der Waals surface area (Å²) in [5, 5.41) is 13.3. The number of carbonyl (C=O) groups excluding carboxylic acids is 2. The van der Waals surface area contributed by atoms with Crippen LogP contribution in [0.2, 0.25) is 5.02 Å². The smallest absolute Gasteiger partial charge is 0.234 e. The van der Waals surface area contributed by atoms with E-state index in [0.29, 0.717) is 23.6 Å². The summed E-state index contributed by atoms with van der Waals surface area (Å²) in [5.74, 6) is -0.00173. The third-order valence-electron chi connectivity index (χ3n) is 9.63. The Balaban J connectivity index is 1.03. The molecule has 9 nitrogen and oxygen atoms in total. The summed E-state index contributed by atoms with van der Waals surface area (Å²) < 4.78 is 17.3. The van der Waals surface area contributed by atoms with E-state index in [0.717, 1.165) is 78.2 Å². The van der Waals surface area contributed by atoms with Gasteiger partial charge in [0.2, 0.25) is 11.8 Å². The minimum atomic E-state index is -0.622. The number of nitrogens with zero attached hydrogens (tertiary/aromatic N) is 6. The molecule has 2 aromatic carbocycles. The molecule has 2 atom stereocenters. The Morgan fingerprint density at radius 1 is 1.00 bits per heavy atom. The van der Waals surface area contributed by atoms with Crippen molar-refractivity contribution in [2.45, 2.75) is 58.5 Å². The average Bonchev–Trinajstić information content (AvgIpc) is 3.52. The van der Waals surface area contributed by atoms with E-state index in [1.807, 2.05) is 37.3 Å². The number of amides is 2. The van der Waals surface area contributed by atoms with E-state index in [2.05, 4.69) is 43.7 Å². The number of benzene rings is 2. The normalized spacial score (nSPS) is 20.4. The number of piperazine rings is 1. The van der Waals surface area contributed by atoms with Crippen LogP contribution in [0.1, 0.15) is 75.6 Å². The van der Waals surface area contributed by atoms with E-state index in [4.69, 9.17) is 16.6 Å². The van der Waals surface area contributed by atoms with Crippen LogP contribution in [0.5, 0.6) is 0 Å². The molecule has 0 aliphatic carbocycles. The molecule has 3 aliphatic rings. The van der Waals surface area contributed by atoms with Crippen molar-refractivity contribution in [1.29, 1.82) is 0 Å². The number of rotatable bonds is 7. The van der Waals surface area contributed by atoms with Gasteiger partial charge in [0.15, 0.2) is 5.82 Å². The molecule has 1 N–H and O–H groups in total. The predicted molar refractivity (Wildman–Crippen MR) is 181 cm³/mol. The van der Waals surface area contributed by atoms with Crippen LogP contribution in [0.4, 0.5) is 4.39 Å². The van der Waals surface area contributed by atoms with Crippen LogP contribution >= 0.6 is 22.9 Å². The summed E-state index contributed by atoms with van der Waals surface area (Å²) in [7, 11) is 0. The van der Waals surface area contributed by atoms with Crippen molar-refractivity contribution in [3.8, 4) is 5.00 Å². The van der Waals surface area contributed by atoms with E-state index in [-0.39, 0.29) is 24.2 Å². The lowest BCUT2D eigenvalue weighted by atomic mass is 9.89. The Morgan fingerprint density at radius 3 is 2.47 bits per heavy atom. The van der Waals surface area contributed by atoms with Crippen LogP contribution in [0.15, 0.2) is 47.5 Å². The standard InChI is InChI=1S/C35H37ClFN7O2S/c1-20-21(2)47-35-31(20)32(24-5-7-25(36)8-6-24)38-29(33-41-40-22(3)44(33)35)12-13-42-14-16-43(17-15-42)19-23-4-9-26(28(37)18-23)27-10-11-30(45)39-34(27)46/h4-9,18,27,29H,10-17,19H2,1-3H3,(H,39,45,46)/t27?,29-/m0/s1. The van der Waals surface area contributed by atoms with Crippen molar-refractivity contribution in [3.63, 3.8) is 0 Å². The Labute approximate surface area is 282 Å². The third-order valence-corrected chi connectivity index (χ3v) is 11.1. The first kappa shape index (κ1) is 31.8. The second-order valence-corrected chi connectivity index (χ2v) is 14.3. The van der Waals surface area contributed by atoms with Gasteiger partial charge in [0.1, 0.15) is 22.7 Å². The minimum absolute atomic E-state index is 0.162. The van der Waals surface area contributed by atoms with Gasteiger partial charge in [0.25, 0.3) is 0 Å². The van der Waals surface area contributed by atoms with Crippen molar-refractivity contribution >= 4 is 40.5 Å². The SMILES string of the molecule is Cc1sc2c(c1C)C(c1ccc(Cl)cc1)=N[C@@H](CCN1CCN(Cc3ccc(C4CCC(=O)NC4=O)c(F)c3)CC1)c1nnc(C)n1-2. The highest BCUT2D eigenvalue weighted by molar-refractivity contribution is 7.15. The van der Waals surface area contributed by atoms with Crippen molar-refractivity contribution < 1.29 is 14.0 Å². The Morgan fingerprint density at radius 2 is 1.74 bits per heavy atom. The number of piperidine rings is 1. The van der Waals surface area contributed by atoms with Gasteiger partial charge in [0.05, 0.1) is 11.6 Å². The number of fused-ring (bicyclic) bond motifs is 3. The van der Waals surface area contributed by atoms with Gasteiger partial charge in [-0.25, -0.2) is 4.39 Å². The number of aromatic nitrogens is 3. The molecule has 1 unspecified atom stereocenters. The molecule has 244 valence electrons. The lowest BCUT2D eigenvalue weighted by Crippen LogP contribution is -2.46. The fraction of sp³-hybridized carbons (Fsp3) is 0.400. The molecule has 2 aromatic heterocycles. The topological polar surface area (TPSA) is 95.7 Å². The van der Waals surface area contributed by atoms with Gasteiger partial charge in [-0.15, -0.1) is 21.5 Å². The summed E-state index contributed by atoms with van der Waals surface area (Å²) in [5.41, 5.74) is 5.59. The van der Waals surface area contributed by atoms with Crippen LogP contribution in [0.25, 0.3) is 5.00 Å². The number of imide groups is 1. The van der Waals surface area contributed by atoms with Crippen molar-refractivity contribution in [3.05, 3.63) is 97.6 Å². The first-order chi connectivity index (χ1) is 22.7. The fourth-order valence-corrected chi connectivity index (χ4v) is 8.21. The molecule has 12 heteroatoms. The fourth-order valence-electron chi connectivity index (χ4n) is 6.87. The highest BCUT2D eigenvalue weighted by Gasteiger charge is 2.33. The molecule has 7 rings (SSSR count). The van der Waals surface area contributed by atoms with Gasteiger partial charge < -0.3 is 4.90 Å². The first-order valence-electron chi connectivity index (χ1n) is 16.1. The maximum Gasteiger partial charge on any atom is 0.234 e. The first-order valence-corrected chi connectivity index (χ1v) is 17.3. The predicted octanol–water partition coefficient (Wildman–Crippen LogP) is 5.67. The number of halogens is 2. The number of aliphatic imine (C=N–C) groups is 1. The zero-order valence-corrected chi connectivity index (χ0v) is 28.3. The molecule has 0 radical (unpaired) electrons. The number of thiophene rings is 1. The molecule has 47 heavy (non-hydrogen) atoms. The largest absolute Gasteiger partial charge is 0.301 e. The third kappa shape index (κ3) is 6.29. The van der Waals surface area contributed by atoms with Crippen LogP contribution in [-0.4, -0.2) is 74.8 Å². The van der Waals surface area contributed by atoms with Gasteiger partial charge in [-0.05, 0) is 62.9 Å². The summed E-state index contributed by atoms with van der Waals surface area (Å²) in [4.78, 5) is 35.2. The second-order valence-electron chi connectivity index (χ2n) is 12.7. The van der Waals surface area contributed by atoms with Gasteiger partial charge in [-0.1, -0.05) is 35.9 Å². The monoisotopic (exact) mass is 673 g/mol. The molecule has 0 spiro atoms. The van der Waals surface area contributed by atoms with E-state index >= 15 is 4.39 Å². The number of hydrogen-bond donors (Lipinski definition) is 1. The Bertz CT molecular complexity index is 1880. The van der Waals surface area contributed by atoms with Crippen molar-refractivity contribution in [1.82, 2.24) is 29.9 Å².